The number of nitrogens with one attached hydrogen (secondary N) is 1. The maximum absolute atomic E-state index is 12.4. The molecule has 1 atom stereocenters. The predicted molar refractivity (Wildman–Crippen MR) is 109 cm³/mol. The largest absolute Gasteiger partial charge is 0.387 e. The molecule has 1 fully saturated rings. The lowest BCUT2D eigenvalue weighted by Gasteiger charge is -2.22. The van der Waals surface area contributed by atoms with Gasteiger partial charge in [0, 0.05) is 58.5 Å². The summed E-state index contributed by atoms with van der Waals surface area (Å²) in [5, 5.41) is 6.92. The van der Waals surface area contributed by atoms with Crippen molar-refractivity contribution in [3.8, 4) is 0 Å². The van der Waals surface area contributed by atoms with Crippen LogP contribution in [0.2, 0.25) is 0 Å². The van der Waals surface area contributed by atoms with Crippen molar-refractivity contribution >= 4 is 23.0 Å². The molecule has 2 aliphatic heterocycles. The van der Waals surface area contributed by atoms with Crippen molar-refractivity contribution in [3.63, 3.8) is 0 Å². The van der Waals surface area contributed by atoms with Gasteiger partial charge in [0.15, 0.2) is 5.60 Å². The molecule has 3 heterocycles. The van der Waals surface area contributed by atoms with Crippen LogP contribution < -0.4 is 10.2 Å². The topological polar surface area (TPSA) is 70.1 Å². The zero-order valence-corrected chi connectivity index (χ0v) is 16.3. The predicted octanol–water partition coefficient (Wildman–Crippen LogP) is 2.51. The molecule has 2 aromatic rings. The fraction of sp³-hybridized carbons (Fsp3) is 0.381. The summed E-state index contributed by atoms with van der Waals surface area (Å²) in [4.78, 5) is 26.7. The van der Waals surface area contributed by atoms with E-state index in [4.69, 9.17) is 4.84 Å². The molecule has 1 aromatic heterocycles. The second-order valence-electron chi connectivity index (χ2n) is 7.71. The Hall–Kier alpha value is -2.93. The number of hydrogen-bond acceptors (Lipinski definition) is 6. The number of pyridine rings is 1. The van der Waals surface area contributed by atoms with E-state index in [1.54, 1.807) is 24.5 Å². The highest BCUT2D eigenvalue weighted by molar-refractivity contribution is 6.43. The molecular formula is C21H25N5O2. The molecule has 1 amide bonds. The number of carbonyl (C=O) groups is 1. The van der Waals surface area contributed by atoms with Gasteiger partial charge in [-0.15, -0.1) is 0 Å². The van der Waals surface area contributed by atoms with E-state index >= 15 is 0 Å². The second kappa shape index (κ2) is 7.59. The lowest BCUT2D eigenvalue weighted by Crippen LogP contribution is -2.35. The highest BCUT2D eigenvalue weighted by Crippen LogP contribution is 2.34. The maximum atomic E-state index is 12.4. The van der Waals surface area contributed by atoms with Crippen molar-refractivity contribution in [2.24, 2.45) is 5.16 Å². The molecule has 4 rings (SSSR count). The first kappa shape index (κ1) is 18.4. The normalized spacial score (nSPS) is 21.4. The summed E-state index contributed by atoms with van der Waals surface area (Å²) in [6, 6.07) is 12.2. The molecule has 0 aliphatic carbocycles. The van der Waals surface area contributed by atoms with E-state index < -0.39 is 0 Å². The Morgan fingerprint density at radius 1 is 1.29 bits per heavy atom. The smallest absolute Gasteiger partial charge is 0.273 e. The van der Waals surface area contributed by atoms with Crippen LogP contribution in [0.1, 0.15) is 18.4 Å². The molecule has 0 saturated carbocycles. The minimum absolute atomic E-state index is 0.220. The van der Waals surface area contributed by atoms with Crippen LogP contribution in [0, 0.1) is 0 Å². The van der Waals surface area contributed by atoms with Gasteiger partial charge >= 0.3 is 0 Å². The van der Waals surface area contributed by atoms with Crippen molar-refractivity contribution < 1.29 is 9.63 Å². The Bertz CT molecular complexity index is 866. The fourth-order valence-corrected chi connectivity index (χ4v) is 3.72. The van der Waals surface area contributed by atoms with E-state index in [0.717, 1.165) is 26.1 Å². The summed E-state index contributed by atoms with van der Waals surface area (Å²) < 4.78 is 0. The summed E-state index contributed by atoms with van der Waals surface area (Å²) in [7, 11) is 4.08. The molecule has 0 radical (unpaired) electrons. The molecule has 2 aliphatic rings. The molecule has 146 valence electrons. The number of amides is 1. The number of aromatic nitrogens is 1. The first-order chi connectivity index (χ1) is 13.5. The molecule has 1 unspecified atom stereocenters. The molecule has 1 aromatic carbocycles. The standard InChI is InChI=1S/C21H25N5O2/c1-25(2)18-7-5-16(6-8-18)14-26-11-9-21(15-26)12-19(24-28-21)20(27)23-17-4-3-10-22-13-17/h3-8,10,13H,9,11-12,14-15H2,1-2H3,(H,23,27). The van der Waals surface area contributed by atoms with Crippen LogP contribution in [0.4, 0.5) is 11.4 Å². The van der Waals surface area contributed by atoms with Crippen molar-refractivity contribution in [1.29, 1.82) is 0 Å². The van der Waals surface area contributed by atoms with Crippen molar-refractivity contribution in [2.45, 2.75) is 25.0 Å². The highest BCUT2D eigenvalue weighted by atomic mass is 16.7. The lowest BCUT2D eigenvalue weighted by atomic mass is 9.96. The van der Waals surface area contributed by atoms with Crippen molar-refractivity contribution in [1.82, 2.24) is 9.88 Å². The number of rotatable bonds is 5. The Kier molecular flexibility index (Phi) is 5.00. The van der Waals surface area contributed by atoms with Crippen LogP contribution in [0.25, 0.3) is 0 Å². The second-order valence-corrected chi connectivity index (χ2v) is 7.71. The van der Waals surface area contributed by atoms with Crippen LogP contribution in [0.15, 0.2) is 53.9 Å². The average molecular weight is 379 g/mol. The summed E-state index contributed by atoms with van der Waals surface area (Å²) in [6.07, 6.45) is 4.69. The Morgan fingerprint density at radius 3 is 2.82 bits per heavy atom. The van der Waals surface area contributed by atoms with Gasteiger partial charge in [0.1, 0.15) is 5.71 Å². The summed E-state index contributed by atoms with van der Waals surface area (Å²) in [5.74, 6) is -0.220. The number of nitrogens with zero attached hydrogens (tertiary/aromatic N) is 4. The quantitative estimate of drug-likeness (QED) is 0.864. The fourth-order valence-electron chi connectivity index (χ4n) is 3.72. The highest BCUT2D eigenvalue weighted by Gasteiger charge is 2.46. The van der Waals surface area contributed by atoms with E-state index in [2.05, 4.69) is 49.5 Å². The number of hydrogen-bond donors (Lipinski definition) is 1. The summed E-state index contributed by atoms with van der Waals surface area (Å²) in [5.41, 5.74) is 3.19. The Labute approximate surface area is 165 Å². The molecular weight excluding hydrogens is 354 g/mol. The van der Waals surface area contributed by atoms with E-state index in [1.165, 1.54) is 11.3 Å². The first-order valence-corrected chi connectivity index (χ1v) is 9.48. The molecule has 7 nitrogen and oxygen atoms in total. The molecule has 0 bridgehead atoms. The summed E-state index contributed by atoms with van der Waals surface area (Å²) in [6.45, 7) is 2.58. The van der Waals surface area contributed by atoms with Gasteiger partial charge in [-0.3, -0.25) is 14.7 Å². The zero-order chi connectivity index (χ0) is 19.6. The third kappa shape index (κ3) is 3.99. The van der Waals surface area contributed by atoms with Crippen LogP contribution in [0.5, 0.6) is 0 Å². The van der Waals surface area contributed by atoms with E-state index in [-0.39, 0.29) is 11.5 Å². The Balaban J connectivity index is 1.32. The Morgan fingerprint density at radius 2 is 2.11 bits per heavy atom. The van der Waals surface area contributed by atoms with Gasteiger partial charge in [-0.2, -0.15) is 0 Å². The zero-order valence-electron chi connectivity index (χ0n) is 16.3. The SMILES string of the molecule is CN(C)c1ccc(CN2CCC3(CC(C(=O)Nc4cccnc4)=NO3)C2)cc1. The van der Waals surface area contributed by atoms with Crippen LogP contribution in [0.3, 0.4) is 0 Å². The number of carbonyl (C=O) groups excluding carboxylic acids is 1. The van der Waals surface area contributed by atoms with Crippen molar-refractivity contribution in [2.75, 3.05) is 37.4 Å². The van der Waals surface area contributed by atoms with E-state index in [0.29, 0.717) is 17.8 Å². The van der Waals surface area contributed by atoms with Gasteiger partial charge in [-0.05, 0) is 29.8 Å². The van der Waals surface area contributed by atoms with Gasteiger partial charge in [0.2, 0.25) is 0 Å². The number of anilines is 2. The van der Waals surface area contributed by atoms with Crippen LogP contribution in [-0.4, -0.2) is 54.3 Å². The minimum Gasteiger partial charge on any atom is -0.387 e. The molecule has 1 N–H and O–H groups in total. The summed E-state index contributed by atoms with van der Waals surface area (Å²) >= 11 is 0. The average Bonchev–Trinajstić information content (AvgIpc) is 3.30. The van der Waals surface area contributed by atoms with Gasteiger partial charge in [-0.25, -0.2) is 0 Å². The van der Waals surface area contributed by atoms with Gasteiger partial charge in [-0.1, -0.05) is 17.3 Å². The number of oxime groups is 1. The monoisotopic (exact) mass is 379 g/mol. The molecule has 7 heteroatoms. The van der Waals surface area contributed by atoms with E-state index in [1.807, 2.05) is 14.1 Å². The number of likely N-dealkylation sites (tertiary alicyclic amines) is 1. The molecule has 28 heavy (non-hydrogen) atoms. The maximum Gasteiger partial charge on any atom is 0.273 e. The minimum atomic E-state index is -0.384. The van der Waals surface area contributed by atoms with Crippen LogP contribution in [-0.2, 0) is 16.2 Å². The van der Waals surface area contributed by atoms with Crippen LogP contribution >= 0.6 is 0 Å². The van der Waals surface area contributed by atoms with Gasteiger partial charge in [0.05, 0.1) is 11.9 Å². The van der Waals surface area contributed by atoms with Gasteiger partial charge < -0.3 is 15.1 Å². The third-order valence-corrected chi connectivity index (χ3v) is 5.27. The van der Waals surface area contributed by atoms with Crippen molar-refractivity contribution in [3.05, 3.63) is 54.4 Å². The van der Waals surface area contributed by atoms with E-state index in [9.17, 15) is 4.79 Å². The third-order valence-electron chi connectivity index (χ3n) is 5.27. The molecule has 1 spiro atoms. The molecule has 1 saturated heterocycles. The lowest BCUT2D eigenvalue weighted by molar-refractivity contribution is -0.110. The van der Waals surface area contributed by atoms with Gasteiger partial charge in [0.25, 0.3) is 5.91 Å². The first-order valence-electron chi connectivity index (χ1n) is 9.48. The number of benzene rings is 1.